The summed E-state index contributed by atoms with van der Waals surface area (Å²) in [4.78, 5) is 12.4. The number of ether oxygens (including phenoxy) is 3. The Kier molecular flexibility index (Phi) is 1.84. The van der Waals surface area contributed by atoms with E-state index in [1.54, 1.807) is 13.8 Å². The summed E-state index contributed by atoms with van der Waals surface area (Å²) in [6.45, 7) is 5.90. The van der Waals surface area contributed by atoms with Crippen LogP contribution in [0.4, 0.5) is 0 Å². The van der Waals surface area contributed by atoms with Crippen molar-refractivity contribution in [3.8, 4) is 0 Å². The normalized spacial score (nSPS) is 63.3. The molecule has 21 heavy (non-hydrogen) atoms. The minimum absolute atomic E-state index is 0.123. The summed E-state index contributed by atoms with van der Waals surface area (Å²) in [7, 11) is 0. The Labute approximate surface area is 122 Å². The molecule has 2 saturated carbocycles. The molecule has 2 aliphatic carbocycles. The Morgan fingerprint density at radius 1 is 1.33 bits per heavy atom. The topological polar surface area (TPSA) is 91.8 Å². The van der Waals surface area contributed by atoms with Crippen molar-refractivity contribution < 1.29 is 29.2 Å². The van der Waals surface area contributed by atoms with Gasteiger partial charge >= 0.3 is 5.97 Å². The number of esters is 1. The molecule has 3 saturated heterocycles. The molecule has 5 rings (SSSR count). The lowest BCUT2D eigenvalue weighted by molar-refractivity contribution is -0.209. The lowest BCUT2D eigenvalue weighted by atomic mass is 9.52. The Morgan fingerprint density at radius 2 is 2.00 bits per heavy atom. The van der Waals surface area contributed by atoms with E-state index < -0.39 is 40.0 Å². The molecule has 6 nitrogen and oxygen atoms in total. The number of hydrogen-bond acceptors (Lipinski definition) is 6. The number of aliphatic hydroxyl groups is 2. The summed E-state index contributed by atoms with van der Waals surface area (Å²) in [6.07, 6.45) is -0.364. The van der Waals surface area contributed by atoms with Crippen molar-refractivity contribution in [1.82, 2.24) is 0 Å². The maximum Gasteiger partial charge on any atom is 0.312 e. The number of fused-ring (bicyclic) bond motifs is 8. The molecule has 3 aliphatic heterocycles. The van der Waals surface area contributed by atoms with Gasteiger partial charge in [0.1, 0.15) is 29.5 Å². The fourth-order valence-corrected chi connectivity index (χ4v) is 5.73. The maximum atomic E-state index is 12.4. The summed E-state index contributed by atoms with van der Waals surface area (Å²) in [5.74, 6) is -1.58. The molecule has 6 heteroatoms. The number of carbonyl (C=O) groups excluding carboxylic acids is 1. The van der Waals surface area contributed by atoms with Crippen LogP contribution >= 0.6 is 0 Å². The van der Waals surface area contributed by atoms with Crippen LogP contribution in [0, 0.1) is 17.3 Å². The first-order chi connectivity index (χ1) is 9.67. The zero-order valence-electron chi connectivity index (χ0n) is 12.3. The van der Waals surface area contributed by atoms with Crippen LogP contribution in [-0.4, -0.2) is 57.9 Å². The predicted octanol–water partition coefficient (Wildman–Crippen LogP) is -0.394. The first-order valence-corrected chi connectivity index (χ1v) is 7.61. The van der Waals surface area contributed by atoms with Gasteiger partial charge < -0.3 is 24.4 Å². The third kappa shape index (κ3) is 1.08. The van der Waals surface area contributed by atoms with Gasteiger partial charge in [0.05, 0.1) is 18.1 Å². The first kappa shape index (κ1) is 12.8. The highest BCUT2D eigenvalue weighted by Gasteiger charge is 2.92. The van der Waals surface area contributed by atoms with Gasteiger partial charge in [-0.1, -0.05) is 6.92 Å². The second kappa shape index (κ2) is 3.02. The van der Waals surface area contributed by atoms with E-state index in [1.807, 2.05) is 6.92 Å². The van der Waals surface area contributed by atoms with E-state index in [0.717, 1.165) is 0 Å². The zero-order valence-corrected chi connectivity index (χ0v) is 12.3. The van der Waals surface area contributed by atoms with Gasteiger partial charge in [0.25, 0.3) is 0 Å². The summed E-state index contributed by atoms with van der Waals surface area (Å²) in [6, 6.07) is 0. The molecule has 5 fully saturated rings. The van der Waals surface area contributed by atoms with Crippen molar-refractivity contribution >= 4 is 5.97 Å². The van der Waals surface area contributed by atoms with Crippen LogP contribution in [0.15, 0.2) is 0 Å². The summed E-state index contributed by atoms with van der Waals surface area (Å²) in [5.41, 5.74) is -3.44. The minimum atomic E-state index is -1.32. The number of rotatable bonds is 1. The highest BCUT2D eigenvalue weighted by molar-refractivity contribution is 5.79. The zero-order chi connectivity index (χ0) is 15.0. The van der Waals surface area contributed by atoms with E-state index in [0.29, 0.717) is 13.0 Å². The maximum absolute atomic E-state index is 12.4. The summed E-state index contributed by atoms with van der Waals surface area (Å²) in [5, 5.41) is 22.0. The van der Waals surface area contributed by atoms with Gasteiger partial charge in [-0.25, -0.2) is 0 Å². The molecule has 0 aromatic heterocycles. The third-order valence-corrected chi connectivity index (χ3v) is 6.84. The molecule has 1 spiro atoms. The van der Waals surface area contributed by atoms with Gasteiger partial charge in [0.15, 0.2) is 0 Å². The second-order valence-corrected chi connectivity index (χ2v) is 8.15. The monoisotopic (exact) mass is 296 g/mol. The Hall–Kier alpha value is -0.690. The molecule has 0 aromatic carbocycles. The van der Waals surface area contributed by atoms with E-state index >= 15 is 0 Å². The molecule has 0 aromatic rings. The average molecular weight is 296 g/mol. The molecular formula is C15H20O6. The van der Waals surface area contributed by atoms with Crippen molar-refractivity contribution in [1.29, 1.82) is 0 Å². The van der Waals surface area contributed by atoms with Crippen LogP contribution in [0.3, 0.4) is 0 Å². The van der Waals surface area contributed by atoms with Gasteiger partial charge in [-0.15, -0.1) is 0 Å². The molecule has 8 atom stereocenters. The number of carbonyl (C=O) groups is 1. The molecule has 1 unspecified atom stereocenters. The SMILES string of the molecule is CC(C)(O)[C@@H]1[C@@H]2C[C@]3(C)[C@@](O)([C@H]4OC4[C@]34CO4)[C@H]1C(=O)O2. The summed E-state index contributed by atoms with van der Waals surface area (Å²) >= 11 is 0. The predicted molar refractivity (Wildman–Crippen MR) is 68.2 cm³/mol. The lowest BCUT2D eigenvalue weighted by Gasteiger charge is -2.53. The van der Waals surface area contributed by atoms with Gasteiger partial charge in [-0.3, -0.25) is 4.79 Å². The fourth-order valence-electron chi connectivity index (χ4n) is 5.73. The standard InChI is InChI=1S/C15H20O6/c1-12(2,17)7-6-4-13(3)14(5-19-14)9-10(21-9)15(13,18)8(7)11(16)20-6/h6-10,17-18H,4-5H2,1-3H3/t6-,7+,8+,9?,10-,13-,14+,15-/m0/s1. The molecule has 116 valence electrons. The number of hydrogen-bond donors (Lipinski definition) is 2. The smallest absolute Gasteiger partial charge is 0.312 e. The fraction of sp³-hybridized carbons (Fsp3) is 0.933. The second-order valence-electron chi connectivity index (χ2n) is 8.15. The lowest BCUT2D eigenvalue weighted by Crippen LogP contribution is -2.66. The van der Waals surface area contributed by atoms with E-state index in [-0.39, 0.29) is 18.3 Å². The highest BCUT2D eigenvalue weighted by atomic mass is 16.7. The van der Waals surface area contributed by atoms with Crippen molar-refractivity contribution in [3.63, 3.8) is 0 Å². The molecular weight excluding hydrogens is 276 g/mol. The van der Waals surface area contributed by atoms with E-state index in [2.05, 4.69) is 0 Å². The van der Waals surface area contributed by atoms with Crippen molar-refractivity contribution in [3.05, 3.63) is 0 Å². The van der Waals surface area contributed by atoms with Crippen LogP contribution in [0.1, 0.15) is 27.2 Å². The van der Waals surface area contributed by atoms with E-state index in [4.69, 9.17) is 14.2 Å². The molecule has 2 bridgehead atoms. The molecule has 5 aliphatic rings. The molecule has 3 heterocycles. The summed E-state index contributed by atoms with van der Waals surface area (Å²) < 4.78 is 16.9. The largest absolute Gasteiger partial charge is 0.462 e. The van der Waals surface area contributed by atoms with Crippen molar-refractivity contribution in [2.45, 2.75) is 62.3 Å². The molecule has 2 N–H and O–H groups in total. The van der Waals surface area contributed by atoms with Gasteiger partial charge in [0.2, 0.25) is 0 Å². The Balaban J connectivity index is 1.70. The number of epoxide rings is 2. The van der Waals surface area contributed by atoms with Crippen LogP contribution in [-0.2, 0) is 19.0 Å². The van der Waals surface area contributed by atoms with Crippen molar-refractivity contribution in [2.24, 2.45) is 17.3 Å². The van der Waals surface area contributed by atoms with Gasteiger partial charge in [-0.05, 0) is 20.3 Å². The molecule has 0 radical (unpaired) electrons. The van der Waals surface area contributed by atoms with E-state index in [9.17, 15) is 15.0 Å². The molecule has 0 amide bonds. The highest BCUT2D eigenvalue weighted by Crippen LogP contribution is 2.76. The third-order valence-electron chi connectivity index (χ3n) is 6.84. The van der Waals surface area contributed by atoms with Crippen LogP contribution in [0.25, 0.3) is 0 Å². The van der Waals surface area contributed by atoms with Crippen LogP contribution in [0.2, 0.25) is 0 Å². The Morgan fingerprint density at radius 3 is 2.57 bits per heavy atom. The van der Waals surface area contributed by atoms with Crippen LogP contribution < -0.4 is 0 Å². The average Bonchev–Trinajstić information content (AvgIpc) is 3.18. The Bertz CT molecular complexity index is 563. The van der Waals surface area contributed by atoms with Crippen molar-refractivity contribution in [2.75, 3.05) is 6.61 Å². The van der Waals surface area contributed by atoms with Crippen LogP contribution in [0.5, 0.6) is 0 Å². The quantitative estimate of drug-likeness (QED) is 0.505. The van der Waals surface area contributed by atoms with Gasteiger partial charge in [-0.2, -0.15) is 0 Å². The van der Waals surface area contributed by atoms with E-state index in [1.165, 1.54) is 0 Å². The first-order valence-electron chi connectivity index (χ1n) is 7.61. The minimum Gasteiger partial charge on any atom is -0.462 e. The van der Waals surface area contributed by atoms with Gasteiger partial charge in [0, 0.05) is 11.3 Å².